The summed E-state index contributed by atoms with van der Waals surface area (Å²) in [6.07, 6.45) is 0. The maximum Gasteiger partial charge on any atom is 0.126 e. The summed E-state index contributed by atoms with van der Waals surface area (Å²) in [6, 6.07) is 16.0. The van der Waals surface area contributed by atoms with Gasteiger partial charge in [0.1, 0.15) is 5.75 Å². The molecule has 0 amide bonds. The molecule has 0 radical (unpaired) electrons. The Labute approximate surface area is 114 Å². The normalized spacial score (nSPS) is 11.5. The Morgan fingerprint density at radius 3 is 2.28 bits per heavy atom. The minimum atomic E-state index is -0.147. The van der Waals surface area contributed by atoms with Crippen LogP contribution in [0.3, 0.4) is 0 Å². The first kappa shape index (κ1) is 14.6. The van der Waals surface area contributed by atoms with Crippen molar-refractivity contribution in [2.45, 2.75) is 13.0 Å². The summed E-state index contributed by atoms with van der Waals surface area (Å²) < 4.78 is 5.44. The van der Waals surface area contributed by atoms with Crippen molar-refractivity contribution in [2.75, 3.05) is 7.11 Å². The third-order valence-electron chi connectivity index (χ3n) is 2.94. The number of hydrogen-bond donors (Lipinski definition) is 1. The summed E-state index contributed by atoms with van der Waals surface area (Å²) in [5.41, 5.74) is 9.51. The molecule has 2 nitrogen and oxygen atoms in total. The number of ether oxygens (including phenoxy) is 1. The number of rotatable bonds is 3. The van der Waals surface area contributed by atoms with Gasteiger partial charge in [0.15, 0.2) is 0 Å². The molecule has 2 rings (SSSR count). The van der Waals surface area contributed by atoms with Crippen LogP contribution in [0.4, 0.5) is 0 Å². The molecule has 0 saturated carbocycles. The lowest BCUT2D eigenvalue weighted by Crippen LogP contribution is -2.13. The van der Waals surface area contributed by atoms with Crippen molar-refractivity contribution in [3.63, 3.8) is 0 Å². The van der Waals surface area contributed by atoms with Crippen LogP contribution in [0, 0.1) is 6.92 Å². The standard InChI is InChI=1S/C15H17NO.ClH/c1-11-7-6-10-13(15(11)17-2)14(16)12-8-4-3-5-9-12;/h3-10,14H,16H2,1-2H3;1H. The first-order valence-corrected chi connectivity index (χ1v) is 5.68. The zero-order chi connectivity index (χ0) is 12.3. The summed E-state index contributed by atoms with van der Waals surface area (Å²) in [7, 11) is 1.68. The third kappa shape index (κ3) is 2.84. The number of nitrogens with two attached hydrogens (primary N) is 1. The van der Waals surface area contributed by atoms with E-state index in [0.29, 0.717) is 0 Å². The number of halogens is 1. The summed E-state index contributed by atoms with van der Waals surface area (Å²) in [5.74, 6) is 0.879. The van der Waals surface area contributed by atoms with Gasteiger partial charge in [-0.15, -0.1) is 12.4 Å². The number of aryl methyl sites for hydroxylation is 1. The van der Waals surface area contributed by atoms with E-state index < -0.39 is 0 Å². The zero-order valence-corrected chi connectivity index (χ0v) is 11.4. The molecule has 0 aliphatic carbocycles. The van der Waals surface area contributed by atoms with Crippen LogP contribution in [0.5, 0.6) is 5.75 Å². The molecule has 96 valence electrons. The van der Waals surface area contributed by atoms with Gasteiger partial charge in [0, 0.05) is 5.56 Å². The van der Waals surface area contributed by atoms with E-state index in [1.807, 2.05) is 55.5 Å². The molecule has 2 N–H and O–H groups in total. The third-order valence-corrected chi connectivity index (χ3v) is 2.94. The molecule has 0 aliphatic rings. The minimum absolute atomic E-state index is 0. The maximum absolute atomic E-state index is 6.28. The van der Waals surface area contributed by atoms with Gasteiger partial charge in [0.25, 0.3) is 0 Å². The van der Waals surface area contributed by atoms with Crippen molar-refractivity contribution in [2.24, 2.45) is 5.73 Å². The molecular weight excluding hydrogens is 246 g/mol. The number of para-hydroxylation sites is 1. The van der Waals surface area contributed by atoms with E-state index >= 15 is 0 Å². The monoisotopic (exact) mass is 263 g/mol. The van der Waals surface area contributed by atoms with E-state index in [4.69, 9.17) is 10.5 Å². The highest BCUT2D eigenvalue weighted by Gasteiger charge is 2.14. The van der Waals surface area contributed by atoms with Crippen LogP contribution in [-0.2, 0) is 0 Å². The van der Waals surface area contributed by atoms with E-state index in [9.17, 15) is 0 Å². The molecule has 1 unspecified atom stereocenters. The van der Waals surface area contributed by atoms with Crippen LogP contribution in [0.25, 0.3) is 0 Å². The Kier molecular flexibility index (Phi) is 5.20. The SMILES string of the molecule is COc1c(C)cccc1C(N)c1ccccc1.Cl. The fourth-order valence-corrected chi connectivity index (χ4v) is 2.04. The average molecular weight is 264 g/mol. The lowest BCUT2D eigenvalue weighted by molar-refractivity contribution is 0.404. The molecular formula is C15H18ClNO. The Morgan fingerprint density at radius 2 is 1.67 bits per heavy atom. The van der Waals surface area contributed by atoms with Gasteiger partial charge in [-0.05, 0) is 18.1 Å². The first-order valence-electron chi connectivity index (χ1n) is 5.68. The molecule has 0 aliphatic heterocycles. The molecule has 0 aromatic heterocycles. The van der Waals surface area contributed by atoms with Crippen molar-refractivity contribution in [3.8, 4) is 5.75 Å². The molecule has 2 aromatic carbocycles. The second-order valence-corrected chi connectivity index (χ2v) is 4.09. The maximum atomic E-state index is 6.28. The van der Waals surface area contributed by atoms with E-state index in [-0.39, 0.29) is 18.4 Å². The van der Waals surface area contributed by atoms with E-state index in [0.717, 1.165) is 22.4 Å². The van der Waals surface area contributed by atoms with Crippen molar-refractivity contribution in [1.82, 2.24) is 0 Å². The van der Waals surface area contributed by atoms with Gasteiger partial charge in [-0.1, -0.05) is 48.5 Å². The van der Waals surface area contributed by atoms with Crippen molar-refractivity contribution in [1.29, 1.82) is 0 Å². The van der Waals surface area contributed by atoms with Crippen LogP contribution >= 0.6 is 12.4 Å². The van der Waals surface area contributed by atoms with Gasteiger partial charge in [0.05, 0.1) is 13.2 Å². The van der Waals surface area contributed by atoms with Crippen molar-refractivity contribution < 1.29 is 4.74 Å². The fourth-order valence-electron chi connectivity index (χ4n) is 2.04. The Bertz CT molecular complexity index is 499. The summed E-state index contributed by atoms with van der Waals surface area (Å²) in [4.78, 5) is 0. The lowest BCUT2D eigenvalue weighted by atomic mass is 9.97. The second-order valence-electron chi connectivity index (χ2n) is 4.09. The molecule has 3 heteroatoms. The van der Waals surface area contributed by atoms with Crippen LogP contribution in [-0.4, -0.2) is 7.11 Å². The molecule has 0 bridgehead atoms. The highest BCUT2D eigenvalue weighted by Crippen LogP contribution is 2.30. The van der Waals surface area contributed by atoms with Gasteiger partial charge < -0.3 is 10.5 Å². The molecule has 0 fully saturated rings. The van der Waals surface area contributed by atoms with Crippen LogP contribution in [0.15, 0.2) is 48.5 Å². The number of benzene rings is 2. The van der Waals surface area contributed by atoms with Crippen LogP contribution in [0.2, 0.25) is 0 Å². The van der Waals surface area contributed by atoms with Gasteiger partial charge in [-0.2, -0.15) is 0 Å². The lowest BCUT2D eigenvalue weighted by Gasteiger charge is -2.17. The van der Waals surface area contributed by atoms with E-state index in [1.54, 1.807) is 7.11 Å². The summed E-state index contributed by atoms with van der Waals surface area (Å²) in [5, 5.41) is 0. The van der Waals surface area contributed by atoms with Crippen molar-refractivity contribution in [3.05, 3.63) is 65.2 Å². The fraction of sp³-hybridized carbons (Fsp3) is 0.200. The minimum Gasteiger partial charge on any atom is -0.496 e. The highest BCUT2D eigenvalue weighted by atomic mass is 35.5. The largest absolute Gasteiger partial charge is 0.496 e. The van der Waals surface area contributed by atoms with Gasteiger partial charge in [-0.3, -0.25) is 0 Å². The number of hydrogen-bond acceptors (Lipinski definition) is 2. The highest BCUT2D eigenvalue weighted by molar-refractivity contribution is 5.85. The Morgan fingerprint density at radius 1 is 1.00 bits per heavy atom. The molecule has 2 aromatic rings. The van der Waals surface area contributed by atoms with Crippen LogP contribution < -0.4 is 10.5 Å². The second kappa shape index (κ2) is 6.43. The summed E-state index contributed by atoms with van der Waals surface area (Å²) in [6.45, 7) is 2.03. The molecule has 18 heavy (non-hydrogen) atoms. The average Bonchev–Trinajstić information content (AvgIpc) is 2.38. The van der Waals surface area contributed by atoms with Crippen molar-refractivity contribution >= 4 is 12.4 Å². The van der Waals surface area contributed by atoms with Gasteiger partial charge in [0.2, 0.25) is 0 Å². The molecule has 0 saturated heterocycles. The predicted molar refractivity (Wildman–Crippen MR) is 77.5 cm³/mol. The van der Waals surface area contributed by atoms with Gasteiger partial charge >= 0.3 is 0 Å². The molecule has 1 atom stereocenters. The summed E-state index contributed by atoms with van der Waals surface area (Å²) >= 11 is 0. The quantitative estimate of drug-likeness (QED) is 0.920. The predicted octanol–water partition coefficient (Wildman–Crippen LogP) is 3.47. The Hall–Kier alpha value is -1.51. The van der Waals surface area contributed by atoms with E-state index in [1.165, 1.54) is 0 Å². The smallest absolute Gasteiger partial charge is 0.126 e. The molecule has 0 spiro atoms. The molecule has 0 heterocycles. The zero-order valence-electron chi connectivity index (χ0n) is 10.6. The van der Waals surface area contributed by atoms with E-state index in [2.05, 4.69) is 0 Å². The van der Waals surface area contributed by atoms with Crippen LogP contribution in [0.1, 0.15) is 22.7 Å². The Balaban J connectivity index is 0.00000162. The number of methoxy groups -OCH3 is 1. The topological polar surface area (TPSA) is 35.2 Å². The first-order chi connectivity index (χ1) is 8.24. The van der Waals surface area contributed by atoms with Gasteiger partial charge in [-0.25, -0.2) is 0 Å².